The summed E-state index contributed by atoms with van der Waals surface area (Å²) < 4.78 is 0. The highest BCUT2D eigenvalue weighted by molar-refractivity contribution is 5.92. The van der Waals surface area contributed by atoms with Crippen LogP contribution in [0.3, 0.4) is 0 Å². The summed E-state index contributed by atoms with van der Waals surface area (Å²) in [6.07, 6.45) is 0. The molecule has 0 heterocycles. The molecule has 0 aliphatic rings. The first-order chi connectivity index (χ1) is 7.91. The lowest BCUT2D eigenvalue weighted by Crippen LogP contribution is -2.10. The van der Waals surface area contributed by atoms with Crippen molar-refractivity contribution in [2.24, 2.45) is 5.92 Å². The molecule has 0 aliphatic heterocycles. The molecule has 0 amide bonds. The predicted octanol–water partition coefficient (Wildman–Crippen LogP) is 3.52. The first kappa shape index (κ1) is 13.7. The molecule has 17 heavy (non-hydrogen) atoms. The van der Waals surface area contributed by atoms with Crippen molar-refractivity contribution in [3.05, 3.63) is 41.0 Å². The van der Waals surface area contributed by atoms with E-state index in [4.69, 9.17) is 9.78 Å². The fourth-order valence-electron chi connectivity index (χ4n) is 1.73. The summed E-state index contributed by atoms with van der Waals surface area (Å²) in [7, 11) is 0. The Bertz CT molecular complexity index is 385. The van der Waals surface area contributed by atoms with Gasteiger partial charge in [0.2, 0.25) is 0 Å². The van der Waals surface area contributed by atoms with Gasteiger partial charge in [0.1, 0.15) is 6.61 Å². The van der Waals surface area contributed by atoms with Crippen LogP contribution in [0.5, 0.6) is 0 Å². The molecule has 1 radical (unpaired) electrons. The molecule has 0 unspecified atom stereocenters. The van der Waals surface area contributed by atoms with Crippen LogP contribution >= 0.6 is 0 Å². The van der Waals surface area contributed by atoms with Gasteiger partial charge < -0.3 is 0 Å². The topological polar surface area (TPSA) is 35.5 Å². The third-order valence-electron chi connectivity index (χ3n) is 2.33. The minimum Gasteiger partial charge on any atom is -0.292 e. The minimum atomic E-state index is -0.447. The van der Waals surface area contributed by atoms with E-state index >= 15 is 0 Å². The summed E-state index contributed by atoms with van der Waals surface area (Å²) in [6, 6.07) is 3.91. The first-order valence-electron chi connectivity index (χ1n) is 5.70. The maximum atomic E-state index is 11.8. The molecule has 1 aromatic rings. The second-order valence-electron chi connectivity index (χ2n) is 4.62. The second-order valence-corrected chi connectivity index (χ2v) is 4.62. The summed E-state index contributed by atoms with van der Waals surface area (Å²) in [6.45, 7) is 11.1. The number of carbonyl (C=O) groups excluding carboxylic acids is 1. The standard InChI is InChI=1S/C14H19O3/c1-9(2)8-16-17-14(15)13-11(4)6-10(3)7-12(13)5/h6-9H,1-5H3. The van der Waals surface area contributed by atoms with Crippen molar-refractivity contribution in [1.82, 2.24) is 0 Å². The van der Waals surface area contributed by atoms with Gasteiger partial charge in [0.05, 0.1) is 5.56 Å². The van der Waals surface area contributed by atoms with E-state index in [0.29, 0.717) is 5.56 Å². The number of rotatable bonds is 4. The molecular weight excluding hydrogens is 216 g/mol. The lowest BCUT2D eigenvalue weighted by Gasteiger charge is -2.10. The Morgan fingerprint density at radius 1 is 1.18 bits per heavy atom. The van der Waals surface area contributed by atoms with E-state index in [1.807, 2.05) is 46.8 Å². The average molecular weight is 235 g/mol. The number of carbonyl (C=O) groups is 1. The first-order valence-corrected chi connectivity index (χ1v) is 5.70. The molecule has 0 saturated carbocycles. The lowest BCUT2D eigenvalue weighted by molar-refractivity contribution is -0.217. The van der Waals surface area contributed by atoms with Crippen LogP contribution in [-0.4, -0.2) is 5.97 Å². The van der Waals surface area contributed by atoms with Gasteiger partial charge in [-0.1, -0.05) is 31.5 Å². The maximum absolute atomic E-state index is 11.8. The highest BCUT2D eigenvalue weighted by Crippen LogP contribution is 2.17. The van der Waals surface area contributed by atoms with Gasteiger partial charge in [0.25, 0.3) is 0 Å². The van der Waals surface area contributed by atoms with E-state index < -0.39 is 5.97 Å². The summed E-state index contributed by atoms with van der Waals surface area (Å²) >= 11 is 0. The van der Waals surface area contributed by atoms with Crippen molar-refractivity contribution in [3.63, 3.8) is 0 Å². The molecule has 0 bridgehead atoms. The largest absolute Gasteiger partial charge is 0.373 e. The van der Waals surface area contributed by atoms with Crippen molar-refractivity contribution < 1.29 is 14.6 Å². The number of benzene rings is 1. The molecule has 1 aromatic carbocycles. The van der Waals surface area contributed by atoms with Crippen molar-refractivity contribution in [3.8, 4) is 0 Å². The maximum Gasteiger partial charge on any atom is 0.373 e. The third-order valence-corrected chi connectivity index (χ3v) is 2.33. The molecule has 0 fully saturated rings. The van der Waals surface area contributed by atoms with Crippen LogP contribution < -0.4 is 0 Å². The lowest BCUT2D eigenvalue weighted by atomic mass is 10.0. The summed E-state index contributed by atoms with van der Waals surface area (Å²) in [4.78, 5) is 21.3. The van der Waals surface area contributed by atoms with Gasteiger partial charge in [-0.25, -0.2) is 4.79 Å². The summed E-state index contributed by atoms with van der Waals surface area (Å²) in [5, 5.41) is 0. The van der Waals surface area contributed by atoms with Crippen molar-refractivity contribution in [2.75, 3.05) is 0 Å². The Morgan fingerprint density at radius 2 is 1.71 bits per heavy atom. The van der Waals surface area contributed by atoms with Gasteiger partial charge in [-0.05, 0) is 37.8 Å². The smallest absolute Gasteiger partial charge is 0.292 e. The van der Waals surface area contributed by atoms with Crippen molar-refractivity contribution in [1.29, 1.82) is 0 Å². The van der Waals surface area contributed by atoms with E-state index in [0.717, 1.165) is 16.7 Å². The zero-order valence-corrected chi connectivity index (χ0v) is 11.0. The van der Waals surface area contributed by atoms with Crippen LogP contribution in [0.2, 0.25) is 0 Å². The van der Waals surface area contributed by atoms with Gasteiger partial charge in [0.15, 0.2) is 0 Å². The van der Waals surface area contributed by atoms with E-state index in [2.05, 4.69) is 0 Å². The molecular formula is C14H19O3. The fourth-order valence-corrected chi connectivity index (χ4v) is 1.73. The van der Waals surface area contributed by atoms with Gasteiger partial charge in [-0.15, -0.1) is 0 Å². The average Bonchev–Trinajstić information content (AvgIpc) is 2.14. The van der Waals surface area contributed by atoms with Gasteiger partial charge in [0, 0.05) is 0 Å². The quantitative estimate of drug-likeness (QED) is 0.591. The summed E-state index contributed by atoms with van der Waals surface area (Å²) in [5.41, 5.74) is 3.51. The molecule has 0 N–H and O–H groups in total. The Balaban J connectivity index is 2.76. The Morgan fingerprint density at radius 3 is 2.18 bits per heavy atom. The predicted molar refractivity (Wildman–Crippen MR) is 66.3 cm³/mol. The minimum absolute atomic E-state index is 0.211. The van der Waals surface area contributed by atoms with Crippen LogP contribution in [0.15, 0.2) is 12.1 Å². The highest BCUT2D eigenvalue weighted by atomic mass is 17.2. The molecule has 3 nitrogen and oxygen atoms in total. The van der Waals surface area contributed by atoms with Gasteiger partial charge >= 0.3 is 5.97 Å². The fraction of sp³-hybridized carbons (Fsp3) is 0.429. The Hall–Kier alpha value is -1.35. The Labute approximate surface area is 103 Å². The normalized spacial score (nSPS) is 10.7. The molecule has 0 saturated heterocycles. The molecule has 0 atom stereocenters. The van der Waals surface area contributed by atoms with Crippen LogP contribution in [0.25, 0.3) is 0 Å². The van der Waals surface area contributed by atoms with Gasteiger partial charge in [-0.3, -0.25) is 4.89 Å². The van der Waals surface area contributed by atoms with Crippen molar-refractivity contribution >= 4 is 5.97 Å². The second kappa shape index (κ2) is 5.82. The third kappa shape index (κ3) is 3.86. The zero-order chi connectivity index (χ0) is 13.0. The monoisotopic (exact) mass is 235 g/mol. The highest BCUT2D eigenvalue weighted by Gasteiger charge is 2.15. The molecule has 0 spiro atoms. The number of hydrogen-bond donors (Lipinski definition) is 0. The molecule has 93 valence electrons. The molecule has 1 rings (SSSR count). The molecule has 0 aliphatic carbocycles. The zero-order valence-electron chi connectivity index (χ0n) is 11.0. The van der Waals surface area contributed by atoms with Crippen LogP contribution in [0, 0.1) is 33.3 Å². The van der Waals surface area contributed by atoms with E-state index in [1.165, 1.54) is 6.61 Å². The van der Waals surface area contributed by atoms with Crippen LogP contribution in [0.1, 0.15) is 40.9 Å². The van der Waals surface area contributed by atoms with E-state index in [9.17, 15) is 4.79 Å². The molecule has 3 heteroatoms. The van der Waals surface area contributed by atoms with Crippen molar-refractivity contribution in [2.45, 2.75) is 34.6 Å². The van der Waals surface area contributed by atoms with E-state index in [1.54, 1.807) is 0 Å². The number of aryl methyl sites for hydroxylation is 3. The van der Waals surface area contributed by atoms with Crippen LogP contribution in [-0.2, 0) is 9.78 Å². The number of hydrogen-bond acceptors (Lipinski definition) is 3. The molecule has 0 aromatic heterocycles. The van der Waals surface area contributed by atoms with Crippen LogP contribution in [0.4, 0.5) is 0 Å². The summed E-state index contributed by atoms with van der Waals surface area (Å²) in [5.74, 6) is -0.236. The van der Waals surface area contributed by atoms with E-state index in [-0.39, 0.29) is 5.92 Å². The SMILES string of the molecule is Cc1cc(C)c(C(=O)OO[CH]C(C)C)c(C)c1. The Kier molecular flexibility index (Phi) is 4.70. The van der Waals surface area contributed by atoms with Gasteiger partial charge in [-0.2, -0.15) is 4.89 Å².